The van der Waals surface area contributed by atoms with E-state index in [-0.39, 0.29) is 0 Å². The Labute approximate surface area is 111 Å². The zero-order valence-corrected chi connectivity index (χ0v) is 11.0. The third-order valence-electron chi connectivity index (χ3n) is 2.39. The first-order valence-electron chi connectivity index (χ1n) is 5.37. The third kappa shape index (κ3) is 3.65. The Morgan fingerprint density at radius 2 is 1.94 bits per heavy atom. The smallest absolute Gasteiger partial charge is 0.0417 e. The zero-order chi connectivity index (χ0) is 12.1. The topological polar surface area (TPSA) is 0 Å². The molecule has 0 saturated carbocycles. The maximum Gasteiger partial charge on any atom is 0.0417 e. The predicted molar refractivity (Wildman–Crippen MR) is 77.5 cm³/mol. The van der Waals surface area contributed by atoms with Crippen LogP contribution in [0.2, 0.25) is 5.02 Å². The molecule has 0 atom stereocenters. The minimum absolute atomic E-state index is 0.787. The SMILES string of the molecule is C=Cc1cccc(CSc2cccc(Cl)c2)c1. The maximum absolute atomic E-state index is 5.95. The van der Waals surface area contributed by atoms with Crippen molar-refractivity contribution in [3.63, 3.8) is 0 Å². The van der Waals surface area contributed by atoms with Crippen molar-refractivity contribution in [2.24, 2.45) is 0 Å². The average Bonchev–Trinajstić information content (AvgIpc) is 2.37. The van der Waals surface area contributed by atoms with E-state index in [1.807, 2.05) is 24.3 Å². The van der Waals surface area contributed by atoms with Crippen molar-refractivity contribution >= 4 is 29.4 Å². The van der Waals surface area contributed by atoms with Gasteiger partial charge in [-0.25, -0.2) is 0 Å². The molecule has 0 N–H and O–H groups in total. The lowest BCUT2D eigenvalue weighted by Crippen LogP contribution is -1.82. The van der Waals surface area contributed by atoms with E-state index in [9.17, 15) is 0 Å². The van der Waals surface area contributed by atoms with E-state index in [0.29, 0.717) is 0 Å². The van der Waals surface area contributed by atoms with Crippen LogP contribution in [-0.4, -0.2) is 0 Å². The summed E-state index contributed by atoms with van der Waals surface area (Å²) in [7, 11) is 0. The van der Waals surface area contributed by atoms with Gasteiger partial charge < -0.3 is 0 Å². The van der Waals surface area contributed by atoms with Crippen molar-refractivity contribution in [2.75, 3.05) is 0 Å². The number of hydrogen-bond donors (Lipinski definition) is 0. The van der Waals surface area contributed by atoms with Crippen LogP contribution in [0.15, 0.2) is 60.0 Å². The van der Waals surface area contributed by atoms with Crippen LogP contribution >= 0.6 is 23.4 Å². The second kappa shape index (κ2) is 5.95. The molecular formula is C15H13ClS. The standard InChI is InChI=1S/C15H13ClS/c1-2-12-5-3-6-13(9-12)11-17-15-8-4-7-14(16)10-15/h2-10H,1,11H2. The minimum atomic E-state index is 0.787. The summed E-state index contributed by atoms with van der Waals surface area (Å²) in [5, 5.41) is 0.787. The van der Waals surface area contributed by atoms with Gasteiger partial charge >= 0.3 is 0 Å². The largest absolute Gasteiger partial charge is 0.121 e. The Hall–Kier alpha value is -1.18. The fourth-order valence-electron chi connectivity index (χ4n) is 1.53. The monoisotopic (exact) mass is 260 g/mol. The molecule has 0 aliphatic rings. The van der Waals surface area contributed by atoms with Gasteiger partial charge in [0.2, 0.25) is 0 Å². The number of hydrogen-bond acceptors (Lipinski definition) is 1. The first-order chi connectivity index (χ1) is 8.28. The van der Waals surface area contributed by atoms with Crippen LogP contribution in [0.4, 0.5) is 0 Å². The molecule has 2 rings (SSSR count). The summed E-state index contributed by atoms with van der Waals surface area (Å²) >= 11 is 7.74. The van der Waals surface area contributed by atoms with Gasteiger partial charge in [0, 0.05) is 15.7 Å². The van der Waals surface area contributed by atoms with Crippen molar-refractivity contribution in [2.45, 2.75) is 10.6 Å². The Kier molecular flexibility index (Phi) is 4.29. The van der Waals surface area contributed by atoms with E-state index < -0.39 is 0 Å². The van der Waals surface area contributed by atoms with Crippen molar-refractivity contribution in [3.05, 3.63) is 71.3 Å². The third-order valence-corrected chi connectivity index (χ3v) is 3.69. The molecule has 0 amide bonds. The number of rotatable bonds is 4. The molecule has 0 nitrogen and oxygen atoms in total. The first-order valence-corrected chi connectivity index (χ1v) is 6.74. The van der Waals surface area contributed by atoms with Crippen molar-refractivity contribution < 1.29 is 0 Å². The van der Waals surface area contributed by atoms with Gasteiger partial charge in [-0.05, 0) is 29.3 Å². The highest BCUT2D eigenvalue weighted by molar-refractivity contribution is 7.98. The molecule has 0 radical (unpaired) electrons. The summed E-state index contributed by atoms with van der Waals surface area (Å²) in [5.74, 6) is 0.946. The highest BCUT2D eigenvalue weighted by atomic mass is 35.5. The molecule has 86 valence electrons. The van der Waals surface area contributed by atoms with Gasteiger partial charge in [-0.3, -0.25) is 0 Å². The Balaban J connectivity index is 2.04. The predicted octanol–water partition coefficient (Wildman–Crippen LogP) is 5.28. The molecule has 0 heterocycles. The molecule has 17 heavy (non-hydrogen) atoms. The average molecular weight is 261 g/mol. The molecule has 0 fully saturated rings. The molecule has 2 aromatic carbocycles. The van der Waals surface area contributed by atoms with Crippen LogP contribution in [0, 0.1) is 0 Å². The lowest BCUT2D eigenvalue weighted by Gasteiger charge is -2.03. The van der Waals surface area contributed by atoms with Crippen molar-refractivity contribution in [1.29, 1.82) is 0 Å². The highest BCUT2D eigenvalue weighted by Crippen LogP contribution is 2.25. The Bertz CT molecular complexity index is 520. The van der Waals surface area contributed by atoms with Crippen LogP contribution in [0.3, 0.4) is 0 Å². The first kappa shape index (κ1) is 12.3. The number of benzene rings is 2. The highest BCUT2D eigenvalue weighted by Gasteiger charge is 1.98. The summed E-state index contributed by atoms with van der Waals surface area (Å²) in [6.45, 7) is 3.78. The van der Waals surface area contributed by atoms with E-state index in [4.69, 9.17) is 11.6 Å². The van der Waals surface area contributed by atoms with E-state index >= 15 is 0 Å². The van der Waals surface area contributed by atoms with Gasteiger partial charge in [0.25, 0.3) is 0 Å². The summed E-state index contributed by atoms with van der Waals surface area (Å²) in [5.41, 5.74) is 2.46. The molecule has 0 aliphatic carbocycles. The summed E-state index contributed by atoms with van der Waals surface area (Å²) in [6, 6.07) is 16.3. The normalized spacial score (nSPS) is 10.2. The van der Waals surface area contributed by atoms with E-state index in [1.54, 1.807) is 11.8 Å². The lowest BCUT2D eigenvalue weighted by molar-refractivity contribution is 1.38. The quantitative estimate of drug-likeness (QED) is 0.675. The second-order valence-electron chi connectivity index (χ2n) is 3.70. The maximum atomic E-state index is 5.95. The van der Waals surface area contributed by atoms with Gasteiger partial charge in [-0.2, -0.15) is 0 Å². The number of halogens is 1. The number of thioether (sulfide) groups is 1. The summed E-state index contributed by atoms with van der Waals surface area (Å²) in [4.78, 5) is 1.20. The van der Waals surface area contributed by atoms with Gasteiger partial charge in [0.05, 0.1) is 0 Å². The van der Waals surface area contributed by atoms with E-state index in [2.05, 4.69) is 36.9 Å². The van der Waals surface area contributed by atoms with Crippen LogP contribution < -0.4 is 0 Å². The molecule has 0 aliphatic heterocycles. The van der Waals surface area contributed by atoms with Crippen molar-refractivity contribution in [1.82, 2.24) is 0 Å². The Morgan fingerprint density at radius 1 is 1.12 bits per heavy atom. The summed E-state index contributed by atoms with van der Waals surface area (Å²) < 4.78 is 0. The molecule has 0 saturated heterocycles. The molecule has 0 spiro atoms. The van der Waals surface area contributed by atoms with Gasteiger partial charge in [0.1, 0.15) is 0 Å². The molecule has 0 bridgehead atoms. The van der Waals surface area contributed by atoms with Crippen LogP contribution in [0.5, 0.6) is 0 Å². The second-order valence-corrected chi connectivity index (χ2v) is 5.18. The van der Waals surface area contributed by atoms with Gasteiger partial charge in [0.15, 0.2) is 0 Å². The molecule has 2 heteroatoms. The fourth-order valence-corrected chi connectivity index (χ4v) is 2.69. The molecule has 2 aromatic rings. The molecular weight excluding hydrogens is 248 g/mol. The van der Waals surface area contributed by atoms with Crippen LogP contribution in [-0.2, 0) is 5.75 Å². The van der Waals surface area contributed by atoms with Crippen molar-refractivity contribution in [3.8, 4) is 0 Å². The fraction of sp³-hybridized carbons (Fsp3) is 0.0667. The van der Waals surface area contributed by atoms with Crippen LogP contribution in [0.25, 0.3) is 6.08 Å². The summed E-state index contributed by atoms with van der Waals surface area (Å²) in [6.07, 6.45) is 1.87. The Morgan fingerprint density at radius 3 is 2.71 bits per heavy atom. The molecule has 0 unspecified atom stereocenters. The minimum Gasteiger partial charge on any atom is -0.121 e. The van der Waals surface area contributed by atoms with Crippen LogP contribution in [0.1, 0.15) is 11.1 Å². The zero-order valence-electron chi connectivity index (χ0n) is 9.40. The lowest BCUT2D eigenvalue weighted by atomic mass is 10.1. The van der Waals surface area contributed by atoms with E-state index in [0.717, 1.165) is 16.3 Å². The van der Waals surface area contributed by atoms with Gasteiger partial charge in [-0.15, -0.1) is 11.8 Å². The molecule has 0 aromatic heterocycles. The van der Waals surface area contributed by atoms with Gasteiger partial charge in [-0.1, -0.05) is 54.6 Å². The van der Waals surface area contributed by atoms with E-state index in [1.165, 1.54) is 10.5 Å².